The maximum absolute atomic E-state index is 13.2. The van der Waals surface area contributed by atoms with Gasteiger partial charge in [-0.3, -0.25) is 9.69 Å². The second kappa shape index (κ2) is 8.22. The molecule has 2 fully saturated rings. The number of hydrogen-bond donors (Lipinski definition) is 0. The molecule has 2 aromatic rings. The highest BCUT2D eigenvalue weighted by molar-refractivity contribution is 5.95. The average Bonchev–Trinajstić information content (AvgIpc) is 2.91. The Hall–Kier alpha value is -2.20. The zero-order valence-electron chi connectivity index (χ0n) is 15.7. The Morgan fingerprint density at radius 1 is 0.963 bits per heavy atom. The van der Waals surface area contributed by atoms with E-state index in [1.54, 1.807) is 12.1 Å². The average molecular weight is 366 g/mol. The van der Waals surface area contributed by atoms with Gasteiger partial charge in [-0.15, -0.1) is 0 Å². The van der Waals surface area contributed by atoms with E-state index in [4.69, 9.17) is 0 Å². The van der Waals surface area contributed by atoms with Gasteiger partial charge in [0.25, 0.3) is 5.91 Å². The van der Waals surface area contributed by atoms with Crippen LogP contribution in [0.2, 0.25) is 0 Å². The van der Waals surface area contributed by atoms with Crippen LogP contribution in [0.3, 0.4) is 0 Å². The Labute approximate surface area is 160 Å². The summed E-state index contributed by atoms with van der Waals surface area (Å²) in [4.78, 5) is 17.4. The second-order valence-corrected chi connectivity index (χ2v) is 7.75. The second-order valence-electron chi connectivity index (χ2n) is 7.75. The van der Waals surface area contributed by atoms with Gasteiger partial charge in [0.15, 0.2) is 0 Å². The molecule has 2 aliphatic heterocycles. The normalized spacial score (nSPS) is 20.8. The lowest BCUT2D eigenvalue weighted by Gasteiger charge is -2.41. The van der Waals surface area contributed by atoms with Crippen LogP contribution in [0.25, 0.3) is 0 Å². The number of nitrogens with zero attached hydrogens (tertiary/aromatic N) is 2. The number of rotatable bonds is 4. The van der Waals surface area contributed by atoms with Gasteiger partial charge in [0.1, 0.15) is 5.82 Å². The number of hydrogen-bond acceptors (Lipinski definition) is 2. The third-order valence-corrected chi connectivity index (χ3v) is 5.81. The van der Waals surface area contributed by atoms with Crippen molar-refractivity contribution in [2.75, 3.05) is 19.6 Å². The number of benzene rings is 2. The van der Waals surface area contributed by atoms with Gasteiger partial charge in [-0.25, -0.2) is 4.39 Å². The van der Waals surface area contributed by atoms with E-state index in [-0.39, 0.29) is 17.8 Å². The summed E-state index contributed by atoms with van der Waals surface area (Å²) in [7, 11) is 0. The minimum Gasteiger partial charge on any atom is -0.331 e. The minimum absolute atomic E-state index is 0.0624. The first-order chi connectivity index (χ1) is 13.2. The number of carbonyl (C=O) groups is 1. The predicted molar refractivity (Wildman–Crippen MR) is 105 cm³/mol. The van der Waals surface area contributed by atoms with Crippen LogP contribution in [-0.4, -0.2) is 35.3 Å². The molecule has 1 atom stereocenters. The molecule has 0 spiro atoms. The molecule has 2 aliphatic rings. The van der Waals surface area contributed by atoms with Gasteiger partial charge >= 0.3 is 0 Å². The van der Waals surface area contributed by atoms with Crippen LogP contribution in [0, 0.1) is 5.82 Å². The van der Waals surface area contributed by atoms with Crippen molar-refractivity contribution in [3.05, 3.63) is 71.0 Å². The molecule has 142 valence electrons. The zero-order chi connectivity index (χ0) is 18.6. The van der Waals surface area contributed by atoms with E-state index in [2.05, 4.69) is 11.0 Å². The molecule has 0 aliphatic carbocycles. The topological polar surface area (TPSA) is 23.6 Å². The number of likely N-dealkylation sites (tertiary alicyclic amines) is 2. The van der Waals surface area contributed by atoms with Gasteiger partial charge in [0, 0.05) is 18.7 Å². The fraction of sp³-hybridized carbons (Fsp3) is 0.435. The molecule has 0 radical (unpaired) electrons. The lowest BCUT2D eigenvalue weighted by molar-refractivity contribution is 0.0460. The Morgan fingerprint density at radius 3 is 2.37 bits per heavy atom. The summed E-state index contributed by atoms with van der Waals surface area (Å²) < 4.78 is 13.2. The maximum atomic E-state index is 13.2. The minimum atomic E-state index is -0.239. The summed E-state index contributed by atoms with van der Waals surface area (Å²) in [5.74, 6) is -0.162. The van der Waals surface area contributed by atoms with E-state index in [0.29, 0.717) is 0 Å². The van der Waals surface area contributed by atoms with E-state index in [9.17, 15) is 9.18 Å². The molecular weight excluding hydrogens is 339 g/mol. The molecule has 0 N–H and O–H groups in total. The van der Waals surface area contributed by atoms with Gasteiger partial charge in [0.2, 0.25) is 0 Å². The Morgan fingerprint density at radius 2 is 1.70 bits per heavy atom. The molecule has 0 saturated carbocycles. The third-order valence-electron chi connectivity index (χ3n) is 5.81. The first kappa shape index (κ1) is 18.2. The van der Waals surface area contributed by atoms with Crippen molar-refractivity contribution < 1.29 is 9.18 Å². The summed E-state index contributed by atoms with van der Waals surface area (Å²) in [5, 5.41) is 0. The van der Waals surface area contributed by atoms with E-state index < -0.39 is 0 Å². The van der Waals surface area contributed by atoms with Crippen molar-refractivity contribution in [3.63, 3.8) is 0 Å². The SMILES string of the molecule is O=C(c1cccc(CN2CCCCCC2)c1)N1CCC1c1ccc(F)cc1. The molecule has 0 bridgehead atoms. The van der Waals surface area contributed by atoms with Crippen molar-refractivity contribution in [1.82, 2.24) is 9.80 Å². The first-order valence-electron chi connectivity index (χ1n) is 10.1. The molecular formula is C23H27FN2O. The van der Waals surface area contributed by atoms with Crippen LogP contribution in [-0.2, 0) is 6.54 Å². The summed E-state index contributed by atoms with van der Waals surface area (Å²) in [6.45, 7) is 3.98. The standard InChI is InChI=1S/C23H27FN2O/c24-21-10-8-19(9-11-21)22-12-15-26(22)23(27)20-7-5-6-18(16-20)17-25-13-3-1-2-4-14-25/h5-11,16,22H,1-4,12-15,17H2. The van der Waals surface area contributed by atoms with Crippen LogP contribution in [0.15, 0.2) is 48.5 Å². The quantitative estimate of drug-likeness (QED) is 0.777. The van der Waals surface area contributed by atoms with Gasteiger partial charge in [0.05, 0.1) is 6.04 Å². The number of carbonyl (C=O) groups excluding carboxylic acids is 1. The van der Waals surface area contributed by atoms with Crippen molar-refractivity contribution in [2.45, 2.75) is 44.7 Å². The monoisotopic (exact) mass is 366 g/mol. The lowest BCUT2D eigenvalue weighted by Crippen LogP contribution is -2.45. The maximum Gasteiger partial charge on any atom is 0.254 e. The van der Waals surface area contributed by atoms with Crippen LogP contribution in [0.5, 0.6) is 0 Å². The highest BCUT2D eigenvalue weighted by Crippen LogP contribution is 2.34. The Kier molecular flexibility index (Phi) is 5.53. The summed E-state index contributed by atoms with van der Waals surface area (Å²) in [6.07, 6.45) is 6.13. The molecule has 1 unspecified atom stereocenters. The molecule has 4 heteroatoms. The first-order valence-corrected chi connectivity index (χ1v) is 10.1. The zero-order valence-corrected chi connectivity index (χ0v) is 15.7. The van der Waals surface area contributed by atoms with Gasteiger partial charge < -0.3 is 4.90 Å². The molecule has 2 heterocycles. The molecule has 1 amide bonds. The fourth-order valence-corrected chi connectivity index (χ4v) is 4.18. The van der Waals surface area contributed by atoms with E-state index in [1.807, 2.05) is 23.1 Å². The van der Waals surface area contributed by atoms with Gasteiger partial charge in [-0.1, -0.05) is 37.1 Å². The molecule has 3 nitrogen and oxygen atoms in total. The van der Waals surface area contributed by atoms with Gasteiger partial charge in [-0.2, -0.15) is 0 Å². The smallest absolute Gasteiger partial charge is 0.254 e. The van der Waals surface area contributed by atoms with Crippen LogP contribution >= 0.6 is 0 Å². The number of amides is 1. The third kappa shape index (κ3) is 4.22. The largest absolute Gasteiger partial charge is 0.331 e. The highest BCUT2D eigenvalue weighted by Gasteiger charge is 2.33. The molecule has 0 aromatic heterocycles. The lowest BCUT2D eigenvalue weighted by atomic mass is 9.93. The number of halogens is 1. The van der Waals surface area contributed by atoms with E-state index >= 15 is 0 Å². The van der Waals surface area contributed by atoms with Crippen molar-refractivity contribution in [1.29, 1.82) is 0 Å². The molecule has 4 rings (SSSR count). The summed E-state index contributed by atoms with van der Waals surface area (Å²) in [6, 6.07) is 14.7. The predicted octanol–water partition coefficient (Wildman–Crippen LogP) is 4.79. The molecule has 2 aromatic carbocycles. The van der Waals surface area contributed by atoms with E-state index in [0.717, 1.165) is 43.7 Å². The van der Waals surface area contributed by atoms with E-state index in [1.165, 1.54) is 43.4 Å². The van der Waals surface area contributed by atoms with Gasteiger partial charge in [-0.05, 0) is 67.7 Å². The summed E-state index contributed by atoms with van der Waals surface area (Å²) >= 11 is 0. The Balaban J connectivity index is 1.45. The fourth-order valence-electron chi connectivity index (χ4n) is 4.18. The highest BCUT2D eigenvalue weighted by atomic mass is 19.1. The van der Waals surface area contributed by atoms with Crippen molar-refractivity contribution in [2.24, 2.45) is 0 Å². The van der Waals surface area contributed by atoms with Crippen LogP contribution in [0.4, 0.5) is 4.39 Å². The molecule has 2 saturated heterocycles. The van der Waals surface area contributed by atoms with Crippen LogP contribution in [0.1, 0.15) is 59.6 Å². The van der Waals surface area contributed by atoms with Crippen LogP contribution < -0.4 is 0 Å². The van der Waals surface area contributed by atoms with Crippen molar-refractivity contribution in [3.8, 4) is 0 Å². The van der Waals surface area contributed by atoms with Crippen molar-refractivity contribution >= 4 is 5.91 Å². The Bertz CT molecular complexity index is 781. The molecule has 27 heavy (non-hydrogen) atoms. The summed E-state index contributed by atoms with van der Waals surface area (Å²) in [5.41, 5.74) is 2.98.